The number of aryl methyl sites for hydroxylation is 2. The van der Waals surface area contributed by atoms with Crippen molar-refractivity contribution in [1.29, 1.82) is 0 Å². The van der Waals surface area contributed by atoms with Crippen LogP contribution < -0.4 is 5.32 Å². The first-order valence-corrected chi connectivity index (χ1v) is 6.88. The Morgan fingerprint density at radius 2 is 2.18 bits per heavy atom. The molecule has 1 fully saturated rings. The van der Waals surface area contributed by atoms with Crippen LogP contribution in [0.3, 0.4) is 0 Å². The van der Waals surface area contributed by atoms with Gasteiger partial charge in [-0.1, -0.05) is 18.2 Å². The molecule has 17 heavy (non-hydrogen) atoms. The number of nitrogens with one attached hydrogen (secondary N) is 1. The zero-order valence-corrected chi connectivity index (χ0v) is 10.7. The second-order valence-electron chi connectivity index (χ2n) is 5.48. The van der Waals surface area contributed by atoms with E-state index in [2.05, 4.69) is 35.3 Å². The van der Waals surface area contributed by atoms with Crippen LogP contribution in [-0.4, -0.2) is 30.6 Å². The van der Waals surface area contributed by atoms with Gasteiger partial charge in [-0.3, -0.25) is 4.90 Å². The molecule has 1 aliphatic carbocycles. The minimum Gasteiger partial charge on any atom is -0.314 e. The summed E-state index contributed by atoms with van der Waals surface area (Å²) in [5, 5.41) is 3.45. The van der Waals surface area contributed by atoms with E-state index in [9.17, 15) is 0 Å². The molecule has 0 unspecified atom stereocenters. The van der Waals surface area contributed by atoms with E-state index in [4.69, 9.17) is 0 Å². The van der Waals surface area contributed by atoms with Crippen molar-refractivity contribution < 1.29 is 0 Å². The molecule has 1 aromatic rings. The second kappa shape index (κ2) is 4.79. The van der Waals surface area contributed by atoms with Crippen LogP contribution in [0.25, 0.3) is 0 Å². The van der Waals surface area contributed by atoms with Crippen LogP contribution in [0.1, 0.15) is 30.0 Å². The molecule has 0 saturated carbocycles. The molecule has 2 heteroatoms. The first-order chi connectivity index (χ1) is 8.33. The highest BCUT2D eigenvalue weighted by molar-refractivity contribution is 5.35. The summed E-state index contributed by atoms with van der Waals surface area (Å²) in [4.78, 5) is 2.59. The summed E-state index contributed by atoms with van der Waals surface area (Å²) in [6.45, 7) is 6.88. The Labute approximate surface area is 104 Å². The maximum atomic E-state index is 3.45. The van der Waals surface area contributed by atoms with E-state index in [0.717, 1.165) is 19.6 Å². The predicted octanol–water partition coefficient (Wildman–Crippen LogP) is 1.97. The zero-order valence-electron chi connectivity index (χ0n) is 10.7. The number of nitrogens with zero attached hydrogens (tertiary/aromatic N) is 1. The van der Waals surface area contributed by atoms with Gasteiger partial charge in [-0.25, -0.2) is 0 Å². The lowest BCUT2D eigenvalue weighted by atomic mass is 10.1. The van der Waals surface area contributed by atoms with Gasteiger partial charge in [0.15, 0.2) is 0 Å². The molecule has 2 aliphatic rings. The number of benzene rings is 1. The Hall–Kier alpha value is -0.860. The van der Waals surface area contributed by atoms with Gasteiger partial charge in [-0.05, 0) is 42.9 Å². The van der Waals surface area contributed by atoms with Gasteiger partial charge in [0.1, 0.15) is 0 Å². The number of fused-ring (bicyclic) bond motifs is 1. The van der Waals surface area contributed by atoms with E-state index in [0.29, 0.717) is 6.04 Å². The third-order valence-corrected chi connectivity index (χ3v) is 4.19. The highest BCUT2D eigenvalue weighted by atomic mass is 15.2. The van der Waals surface area contributed by atoms with E-state index in [1.54, 1.807) is 11.1 Å². The lowest BCUT2D eigenvalue weighted by Gasteiger charge is -2.34. The topological polar surface area (TPSA) is 15.3 Å². The molecule has 0 aromatic heterocycles. The average molecular weight is 230 g/mol. The van der Waals surface area contributed by atoms with Crippen LogP contribution in [0.2, 0.25) is 0 Å². The molecule has 0 amide bonds. The first-order valence-electron chi connectivity index (χ1n) is 6.88. The van der Waals surface area contributed by atoms with Crippen molar-refractivity contribution in [2.45, 2.75) is 38.8 Å². The van der Waals surface area contributed by atoms with Gasteiger partial charge >= 0.3 is 0 Å². The monoisotopic (exact) mass is 230 g/mol. The molecular formula is C15H22N2. The standard InChI is InChI=1S/C15H22N2/c1-12-10-16-7-8-17(12)11-13-5-6-14-3-2-4-15(14)9-13/h5-6,9,12,16H,2-4,7-8,10-11H2,1H3/t12-/m0/s1. The fraction of sp³-hybridized carbons (Fsp3) is 0.600. The van der Waals surface area contributed by atoms with Crippen molar-refractivity contribution in [1.82, 2.24) is 10.2 Å². The molecule has 0 radical (unpaired) electrons. The lowest BCUT2D eigenvalue weighted by molar-refractivity contribution is 0.165. The van der Waals surface area contributed by atoms with Crippen molar-refractivity contribution in [3.05, 3.63) is 34.9 Å². The van der Waals surface area contributed by atoms with Gasteiger partial charge in [0, 0.05) is 32.2 Å². The highest BCUT2D eigenvalue weighted by Crippen LogP contribution is 2.23. The average Bonchev–Trinajstić information content (AvgIpc) is 2.79. The Morgan fingerprint density at radius 1 is 1.29 bits per heavy atom. The Balaban J connectivity index is 1.72. The van der Waals surface area contributed by atoms with Crippen LogP contribution in [0, 0.1) is 0 Å². The van der Waals surface area contributed by atoms with Crippen molar-refractivity contribution in [3.8, 4) is 0 Å². The van der Waals surface area contributed by atoms with Crippen molar-refractivity contribution in [3.63, 3.8) is 0 Å². The fourth-order valence-corrected chi connectivity index (χ4v) is 3.08. The van der Waals surface area contributed by atoms with Crippen molar-refractivity contribution >= 4 is 0 Å². The van der Waals surface area contributed by atoms with Gasteiger partial charge < -0.3 is 5.32 Å². The number of hydrogen-bond acceptors (Lipinski definition) is 2. The largest absolute Gasteiger partial charge is 0.314 e. The molecule has 1 aromatic carbocycles. The normalized spacial score (nSPS) is 24.9. The summed E-state index contributed by atoms with van der Waals surface area (Å²) in [6.07, 6.45) is 3.93. The molecule has 1 heterocycles. The summed E-state index contributed by atoms with van der Waals surface area (Å²) >= 11 is 0. The molecule has 1 atom stereocenters. The molecule has 1 N–H and O–H groups in total. The SMILES string of the molecule is C[C@H]1CNCCN1Cc1ccc2c(c1)CCC2. The maximum absolute atomic E-state index is 3.45. The van der Waals surface area contributed by atoms with Crippen molar-refractivity contribution in [2.75, 3.05) is 19.6 Å². The molecule has 3 rings (SSSR count). The van der Waals surface area contributed by atoms with Gasteiger partial charge in [-0.15, -0.1) is 0 Å². The van der Waals surface area contributed by atoms with Gasteiger partial charge in [-0.2, -0.15) is 0 Å². The Kier molecular flexibility index (Phi) is 3.17. The quantitative estimate of drug-likeness (QED) is 0.835. The van der Waals surface area contributed by atoms with Gasteiger partial charge in [0.25, 0.3) is 0 Å². The summed E-state index contributed by atoms with van der Waals surface area (Å²) in [5.41, 5.74) is 4.69. The van der Waals surface area contributed by atoms with Crippen LogP contribution in [-0.2, 0) is 19.4 Å². The summed E-state index contributed by atoms with van der Waals surface area (Å²) in [7, 11) is 0. The Morgan fingerprint density at radius 3 is 3.06 bits per heavy atom. The molecule has 92 valence electrons. The smallest absolute Gasteiger partial charge is 0.0237 e. The summed E-state index contributed by atoms with van der Waals surface area (Å²) in [6, 6.07) is 7.79. The molecule has 2 nitrogen and oxygen atoms in total. The highest BCUT2D eigenvalue weighted by Gasteiger charge is 2.18. The number of rotatable bonds is 2. The number of piperazine rings is 1. The van der Waals surface area contributed by atoms with E-state index in [-0.39, 0.29) is 0 Å². The minimum absolute atomic E-state index is 0.664. The van der Waals surface area contributed by atoms with Crippen LogP contribution in [0.15, 0.2) is 18.2 Å². The van der Waals surface area contributed by atoms with E-state index in [1.165, 1.54) is 31.4 Å². The first kappa shape index (κ1) is 11.2. The van der Waals surface area contributed by atoms with Gasteiger partial charge in [0.2, 0.25) is 0 Å². The lowest BCUT2D eigenvalue weighted by Crippen LogP contribution is -2.49. The predicted molar refractivity (Wildman–Crippen MR) is 71.2 cm³/mol. The van der Waals surface area contributed by atoms with E-state index >= 15 is 0 Å². The van der Waals surface area contributed by atoms with Crippen LogP contribution in [0.4, 0.5) is 0 Å². The van der Waals surface area contributed by atoms with E-state index < -0.39 is 0 Å². The molecule has 0 bridgehead atoms. The van der Waals surface area contributed by atoms with Crippen LogP contribution >= 0.6 is 0 Å². The third kappa shape index (κ3) is 2.38. The van der Waals surface area contributed by atoms with Crippen LogP contribution in [0.5, 0.6) is 0 Å². The summed E-state index contributed by atoms with van der Waals surface area (Å²) in [5.74, 6) is 0. The fourth-order valence-electron chi connectivity index (χ4n) is 3.08. The Bertz CT molecular complexity index is 400. The zero-order chi connectivity index (χ0) is 11.7. The van der Waals surface area contributed by atoms with Gasteiger partial charge in [0.05, 0.1) is 0 Å². The minimum atomic E-state index is 0.664. The molecular weight excluding hydrogens is 208 g/mol. The molecule has 0 spiro atoms. The molecule has 1 saturated heterocycles. The van der Waals surface area contributed by atoms with Crippen molar-refractivity contribution in [2.24, 2.45) is 0 Å². The number of hydrogen-bond donors (Lipinski definition) is 1. The van der Waals surface area contributed by atoms with E-state index in [1.807, 2.05) is 0 Å². The third-order valence-electron chi connectivity index (χ3n) is 4.19. The molecule has 1 aliphatic heterocycles. The maximum Gasteiger partial charge on any atom is 0.0237 e. The summed E-state index contributed by atoms with van der Waals surface area (Å²) < 4.78 is 0. The second-order valence-corrected chi connectivity index (χ2v) is 5.48.